The lowest BCUT2D eigenvalue weighted by Crippen LogP contribution is -2.49. The zero-order chi connectivity index (χ0) is 12.3. The summed E-state index contributed by atoms with van der Waals surface area (Å²) < 4.78 is 0. The van der Waals surface area contributed by atoms with E-state index in [-0.39, 0.29) is 0 Å². The number of nitrogens with one attached hydrogen (secondary N) is 1. The van der Waals surface area contributed by atoms with Crippen molar-refractivity contribution >= 4 is 0 Å². The van der Waals surface area contributed by atoms with Crippen LogP contribution in [-0.2, 0) is 6.54 Å². The van der Waals surface area contributed by atoms with Gasteiger partial charge in [-0.15, -0.1) is 0 Å². The van der Waals surface area contributed by atoms with E-state index in [0.717, 1.165) is 12.2 Å². The van der Waals surface area contributed by atoms with Gasteiger partial charge < -0.3 is 5.32 Å². The van der Waals surface area contributed by atoms with Gasteiger partial charge in [0.05, 0.1) is 5.69 Å². The van der Waals surface area contributed by atoms with Crippen LogP contribution in [-0.4, -0.2) is 40.0 Å². The maximum atomic E-state index is 4.35. The van der Waals surface area contributed by atoms with Crippen molar-refractivity contribution in [3.63, 3.8) is 0 Å². The van der Waals surface area contributed by atoms with E-state index >= 15 is 0 Å². The highest BCUT2D eigenvalue weighted by Crippen LogP contribution is 2.31. The van der Waals surface area contributed by atoms with Crippen LogP contribution in [0, 0.1) is 0 Å². The molecule has 0 amide bonds. The van der Waals surface area contributed by atoms with Crippen LogP contribution in [0.15, 0.2) is 18.6 Å². The minimum Gasteiger partial charge on any atom is -0.310 e. The molecule has 1 aliphatic heterocycles. The Labute approximate surface area is 109 Å². The molecule has 4 heteroatoms. The monoisotopic (exact) mass is 246 g/mol. The van der Waals surface area contributed by atoms with E-state index in [1.165, 1.54) is 51.7 Å². The molecular weight excluding hydrogens is 224 g/mol. The fraction of sp³-hybridized carbons (Fsp3) is 0.714. The summed E-state index contributed by atoms with van der Waals surface area (Å²) in [5, 5.41) is 3.80. The zero-order valence-corrected chi connectivity index (χ0v) is 10.9. The molecule has 98 valence electrons. The van der Waals surface area contributed by atoms with Crippen molar-refractivity contribution in [2.45, 2.75) is 44.2 Å². The molecule has 0 bridgehead atoms. The first-order valence-corrected chi connectivity index (χ1v) is 7.09. The van der Waals surface area contributed by atoms with Crippen LogP contribution in [0.2, 0.25) is 0 Å². The molecule has 2 fully saturated rings. The predicted molar refractivity (Wildman–Crippen MR) is 71.1 cm³/mol. The number of aromatic nitrogens is 2. The lowest BCUT2D eigenvalue weighted by atomic mass is 9.97. The Balaban J connectivity index is 1.68. The molecule has 18 heavy (non-hydrogen) atoms. The molecule has 0 atom stereocenters. The Hall–Kier alpha value is -1.00. The topological polar surface area (TPSA) is 41.0 Å². The second kappa shape index (κ2) is 5.33. The van der Waals surface area contributed by atoms with Crippen molar-refractivity contribution < 1.29 is 0 Å². The first kappa shape index (κ1) is 12.1. The molecule has 1 aromatic rings. The quantitative estimate of drug-likeness (QED) is 0.860. The molecule has 1 N–H and O–H groups in total. The average Bonchev–Trinajstić information content (AvgIpc) is 2.75. The molecule has 1 spiro atoms. The molecule has 2 heterocycles. The molecule has 4 nitrogen and oxygen atoms in total. The van der Waals surface area contributed by atoms with Gasteiger partial charge in [-0.1, -0.05) is 12.8 Å². The summed E-state index contributed by atoms with van der Waals surface area (Å²) in [6.07, 6.45) is 10.2. The van der Waals surface area contributed by atoms with Crippen molar-refractivity contribution in [1.29, 1.82) is 0 Å². The SMILES string of the molecule is c1cc(CN2CCCNC3(CCCC3)C2)ncn1. The highest BCUT2D eigenvalue weighted by Gasteiger charge is 2.36. The summed E-state index contributed by atoms with van der Waals surface area (Å²) in [5.74, 6) is 0. The molecule has 3 rings (SSSR count). The number of hydrogen-bond acceptors (Lipinski definition) is 4. The minimum absolute atomic E-state index is 0.392. The molecule has 0 radical (unpaired) electrons. The first-order valence-electron chi connectivity index (χ1n) is 7.09. The summed E-state index contributed by atoms with van der Waals surface area (Å²) in [4.78, 5) is 10.9. The fourth-order valence-corrected chi connectivity index (χ4v) is 3.38. The fourth-order valence-electron chi connectivity index (χ4n) is 3.38. The summed E-state index contributed by atoms with van der Waals surface area (Å²) in [6.45, 7) is 4.49. The van der Waals surface area contributed by atoms with Gasteiger partial charge in [0, 0.05) is 24.8 Å². The van der Waals surface area contributed by atoms with Gasteiger partial charge in [-0.05, 0) is 38.4 Å². The van der Waals surface area contributed by atoms with Crippen LogP contribution in [0.5, 0.6) is 0 Å². The Morgan fingerprint density at radius 1 is 1.28 bits per heavy atom. The van der Waals surface area contributed by atoms with Gasteiger partial charge >= 0.3 is 0 Å². The number of nitrogens with zero attached hydrogens (tertiary/aromatic N) is 3. The van der Waals surface area contributed by atoms with Crippen LogP contribution >= 0.6 is 0 Å². The van der Waals surface area contributed by atoms with Crippen LogP contribution in [0.1, 0.15) is 37.8 Å². The third-order valence-corrected chi connectivity index (χ3v) is 4.27. The van der Waals surface area contributed by atoms with Gasteiger partial charge in [-0.2, -0.15) is 0 Å². The van der Waals surface area contributed by atoms with Gasteiger partial charge in [0.25, 0.3) is 0 Å². The summed E-state index contributed by atoms with van der Waals surface area (Å²) >= 11 is 0. The minimum atomic E-state index is 0.392. The second-order valence-electron chi connectivity index (χ2n) is 5.68. The van der Waals surface area contributed by atoms with Crippen molar-refractivity contribution in [3.8, 4) is 0 Å². The normalized spacial score (nSPS) is 24.2. The summed E-state index contributed by atoms with van der Waals surface area (Å²) in [7, 11) is 0. The highest BCUT2D eigenvalue weighted by molar-refractivity contribution is 5.01. The third-order valence-electron chi connectivity index (χ3n) is 4.27. The zero-order valence-electron chi connectivity index (χ0n) is 10.9. The van der Waals surface area contributed by atoms with E-state index in [1.807, 2.05) is 12.3 Å². The van der Waals surface area contributed by atoms with E-state index in [4.69, 9.17) is 0 Å². The van der Waals surface area contributed by atoms with Gasteiger partial charge in [0.15, 0.2) is 0 Å². The largest absolute Gasteiger partial charge is 0.310 e. The lowest BCUT2D eigenvalue weighted by Gasteiger charge is -2.33. The standard InChI is InChI=1S/C14H22N4/c1-2-6-14(5-1)11-18(9-3-7-17-14)10-13-4-8-15-12-16-13/h4,8,12,17H,1-3,5-7,9-11H2. The van der Waals surface area contributed by atoms with Gasteiger partial charge in [-0.25, -0.2) is 9.97 Å². The molecule has 0 unspecified atom stereocenters. The molecule has 1 saturated heterocycles. The van der Waals surface area contributed by atoms with E-state index < -0.39 is 0 Å². The van der Waals surface area contributed by atoms with Crippen molar-refractivity contribution in [2.75, 3.05) is 19.6 Å². The molecule has 1 saturated carbocycles. The Bertz CT molecular complexity index is 373. The molecular formula is C14H22N4. The molecule has 1 aromatic heterocycles. The van der Waals surface area contributed by atoms with Crippen LogP contribution < -0.4 is 5.32 Å². The Morgan fingerprint density at radius 2 is 2.17 bits per heavy atom. The van der Waals surface area contributed by atoms with E-state index in [9.17, 15) is 0 Å². The summed E-state index contributed by atoms with van der Waals surface area (Å²) in [5.41, 5.74) is 1.53. The number of rotatable bonds is 2. The van der Waals surface area contributed by atoms with Crippen molar-refractivity contribution in [2.24, 2.45) is 0 Å². The predicted octanol–water partition coefficient (Wildman–Crippen LogP) is 1.58. The average molecular weight is 246 g/mol. The van der Waals surface area contributed by atoms with Crippen LogP contribution in [0.25, 0.3) is 0 Å². The maximum Gasteiger partial charge on any atom is 0.115 e. The third kappa shape index (κ3) is 2.70. The van der Waals surface area contributed by atoms with E-state index in [2.05, 4.69) is 20.2 Å². The highest BCUT2D eigenvalue weighted by atomic mass is 15.2. The first-order chi connectivity index (χ1) is 8.86. The van der Waals surface area contributed by atoms with E-state index in [0.29, 0.717) is 5.54 Å². The number of hydrogen-bond donors (Lipinski definition) is 1. The van der Waals surface area contributed by atoms with Crippen LogP contribution in [0.4, 0.5) is 0 Å². The van der Waals surface area contributed by atoms with Gasteiger partial charge in [-0.3, -0.25) is 4.90 Å². The molecule has 1 aliphatic carbocycles. The molecule has 0 aromatic carbocycles. The van der Waals surface area contributed by atoms with E-state index in [1.54, 1.807) is 6.33 Å². The van der Waals surface area contributed by atoms with Gasteiger partial charge in [0.2, 0.25) is 0 Å². The summed E-state index contributed by atoms with van der Waals surface area (Å²) in [6, 6.07) is 2.03. The van der Waals surface area contributed by atoms with Gasteiger partial charge in [0.1, 0.15) is 6.33 Å². The smallest absolute Gasteiger partial charge is 0.115 e. The Morgan fingerprint density at radius 3 is 2.94 bits per heavy atom. The van der Waals surface area contributed by atoms with Crippen molar-refractivity contribution in [3.05, 3.63) is 24.3 Å². The van der Waals surface area contributed by atoms with Crippen molar-refractivity contribution in [1.82, 2.24) is 20.2 Å². The lowest BCUT2D eigenvalue weighted by molar-refractivity contribution is 0.201. The van der Waals surface area contributed by atoms with Crippen LogP contribution in [0.3, 0.4) is 0 Å². The Kier molecular flexibility index (Phi) is 3.57. The maximum absolute atomic E-state index is 4.35. The second-order valence-corrected chi connectivity index (χ2v) is 5.68. The molecule has 2 aliphatic rings.